The van der Waals surface area contributed by atoms with Crippen LogP contribution in [0.15, 0.2) is 6.20 Å². The van der Waals surface area contributed by atoms with Crippen LogP contribution in [-0.4, -0.2) is 21.1 Å². The SMILES string of the molecule is Cn1cc(I)c(P(=O)(C2CC2)C2CC2)n1. The summed E-state index contributed by atoms with van der Waals surface area (Å²) < 4.78 is 16.0. The van der Waals surface area contributed by atoms with Crippen LogP contribution in [0.4, 0.5) is 0 Å². The summed E-state index contributed by atoms with van der Waals surface area (Å²) in [5, 5.41) is 4.45. The zero-order chi connectivity index (χ0) is 10.6. The van der Waals surface area contributed by atoms with Crippen molar-refractivity contribution in [2.24, 2.45) is 7.05 Å². The minimum atomic E-state index is -2.15. The fourth-order valence-electron chi connectivity index (χ4n) is 2.24. The van der Waals surface area contributed by atoms with Crippen molar-refractivity contribution in [3.63, 3.8) is 0 Å². The van der Waals surface area contributed by atoms with Gasteiger partial charge in [0.05, 0.1) is 3.57 Å². The molecule has 82 valence electrons. The molecule has 0 aliphatic heterocycles. The molecule has 2 aliphatic rings. The van der Waals surface area contributed by atoms with E-state index in [-0.39, 0.29) is 0 Å². The maximum atomic E-state index is 13.1. The Morgan fingerprint density at radius 1 is 1.40 bits per heavy atom. The molecule has 0 bridgehead atoms. The largest absolute Gasteiger partial charge is 0.316 e. The summed E-state index contributed by atoms with van der Waals surface area (Å²) >= 11 is 2.27. The van der Waals surface area contributed by atoms with Gasteiger partial charge in [-0.3, -0.25) is 4.68 Å². The Kier molecular flexibility index (Phi) is 2.29. The summed E-state index contributed by atoms with van der Waals surface area (Å²) in [6.07, 6.45) is 6.59. The Morgan fingerprint density at radius 2 is 1.93 bits per heavy atom. The summed E-state index contributed by atoms with van der Waals surface area (Å²) in [4.78, 5) is 0. The number of hydrogen-bond acceptors (Lipinski definition) is 2. The third-order valence-corrected chi connectivity index (χ3v) is 8.69. The Morgan fingerprint density at radius 3 is 2.27 bits per heavy atom. The molecule has 0 radical (unpaired) electrons. The average molecular weight is 336 g/mol. The van der Waals surface area contributed by atoms with Crippen molar-refractivity contribution in [1.29, 1.82) is 0 Å². The van der Waals surface area contributed by atoms with E-state index in [1.807, 2.05) is 13.2 Å². The van der Waals surface area contributed by atoms with Gasteiger partial charge in [0.2, 0.25) is 0 Å². The topological polar surface area (TPSA) is 34.9 Å². The second-order valence-corrected chi connectivity index (χ2v) is 9.11. The number of nitrogens with zero attached hydrogens (tertiary/aromatic N) is 2. The number of aromatic nitrogens is 2. The van der Waals surface area contributed by atoms with E-state index in [2.05, 4.69) is 27.7 Å². The van der Waals surface area contributed by atoms with Crippen LogP contribution in [0.25, 0.3) is 0 Å². The van der Waals surface area contributed by atoms with Crippen LogP contribution in [-0.2, 0) is 11.6 Å². The molecule has 1 aromatic heterocycles. The molecule has 0 atom stereocenters. The van der Waals surface area contributed by atoms with Crippen LogP contribution in [0.1, 0.15) is 25.7 Å². The summed E-state index contributed by atoms with van der Waals surface area (Å²) in [6.45, 7) is 0. The number of rotatable bonds is 3. The number of halogens is 1. The zero-order valence-corrected chi connectivity index (χ0v) is 11.7. The molecule has 0 N–H and O–H groups in total. The molecule has 1 aromatic rings. The minimum absolute atomic E-state index is 0.466. The van der Waals surface area contributed by atoms with Gasteiger partial charge >= 0.3 is 0 Å². The van der Waals surface area contributed by atoms with Crippen molar-refractivity contribution in [2.45, 2.75) is 37.0 Å². The van der Waals surface area contributed by atoms with Gasteiger partial charge in [-0.25, -0.2) is 0 Å². The van der Waals surface area contributed by atoms with Gasteiger partial charge in [-0.2, -0.15) is 5.10 Å². The van der Waals surface area contributed by atoms with Crippen molar-refractivity contribution < 1.29 is 4.57 Å². The Balaban J connectivity index is 2.08. The van der Waals surface area contributed by atoms with Crippen molar-refractivity contribution in [3.8, 4) is 0 Å². The van der Waals surface area contributed by atoms with Crippen LogP contribution in [0.2, 0.25) is 0 Å². The summed E-state index contributed by atoms with van der Waals surface area (Å²) in [5.41, 5.74) is 1.86. The van der Waals surface area contributed by atoms with Crippen LogP contribution in [0.3, 0.4) is 0 Å². The Bertz CT molecular complexity index is 432. The molecule has 2 fully saturated rings. The lowest BCUT2D eigenvalue weighted by Crippen LogP contribution is -2.17. The average Bonchev–Trinajstić information content (AvgIpc) is 3.01. The van der Waals surface area contributed by atoms with Crippen LogP contribution >= 0.6 is 29.7 Å². The third kappa shape index (κ3) is 1.60. The van der Waals surface area contributed by atoms with E-state index >= 15 is 0 Å². The normalized spacial score (nSPS) is 22.0. The van der Waals surface area contributed by atoms with Crippen LogP contribution in [0.5, 0.6) is 0 Å². The summed E-state index contributed by atoms with van der Waals surface area (Å²) in [7, 11) is -0.237. The predicted molar refractivity (Wildman–Crippen MR) is 69.2 cm³/mol. The molecule has 1 heterocycles. The number of aryl methyl sites for hydroxylation is 1. The zero-order valence-electron chi connectivity index (χ0n) is 8.69. The van der Waals surface area contributed by atoms with E-state index < -0.39 is 7.14 Å². The molecule has 2 aliphatic carbocycles. The number of hydrogen-bond donors (Lipinski definition) is 0. The van der Waals surface area contributed by atoms with Crippen LogP contribution in [0, 0.1) is 3.57 Å². The van der Waals surface area contributed by atoms with E-state index in [9.17, 15) is 4.57 Å². The fourth-order valence-corrected chi connectivity index (χ4v) is 7.68. The lowest BCUT2D eigenvalue weighted by atomic mass is 10.7. The van der Waals surface area contributed by atoms with Gasteiger partial charge in [0, 0.05) is 24.6 Å². The fraction of sp³-hybridized carbons (Fsp3) is 0.700. The second-order valence-electron chi connectivity index (χ2n) is 4.65. The minimum Gasteiger partial charge on any atom is -0.316 e. The standard InChI is InChI=1S/C10H14IN2OP/c1-13-6-9(11)10(12-13)15(14,7-2-3-7)8-4-5-8/h6-8H,2-5H2,1H3. The second kappa shape index (κ2) is 3.33. The molecule has 3 rings (SSSR count). The van der Waals surface area contributed by atoms with Gasteiger partial charge in [-0.05, 0) is 48.3 Å². The highest BCUT2D eigenvalue weighted by molar-refractivity contribution is 14.1. The molecule has 0 spiro atoms. The van der Waals surface area contributed by atoms with Gasteiger partial charge in [-0.15, -0.1) is 0 Å². The molecule has 0 saturated heterocycles. The molecule has 0 aromatic carbocycles. The maximum Gasteiger partial charge on any atom is 0.141 e. The van der Waals surface area contributed by atoms with Gasteiger partial charge in [0.25, 0.3) is 0 Å². The molecule has 0 unspecified atom stereocenters. The van der Waals surface area contributed by atoms with Gasteiger partial charge in [0.15, 0.2) is 0 Å². The molecule has 5 heteroatoms. The molecular formula is C10H14IN2OP. The van der Waals surface area contributed by atoms with Crippen molar-refractivity contribution in [2.75, 3.05) is 0 Å². The highest BCUT2D eigenvalue weighted by Crippen LogP contribution is 2.69. The van der Waals surface area contributed by atoms with Gasteiger partial charge in [0.1, 0.15) is 12.6 Å². The first-order valence-electron chi connectivity index (χ1n) is 5.41. The smallest absolute Gasteiger partial charge is 0.141 e. The van der Waals surface area contributed by atoms with Gasteiger partial charge in [-0.1, -0.05) is 0 Å². The predicted octanol–water partition coefficient (Wildman–Crippen LogP) is 2.34. The van der Waals surface area contributed by atoms with Crippen molar-refractivity contribution >= 4 is 35.2 Å². The molecule has 3 nitrogen and oxygen atoms in total. The van der Waals surface area contributed by atoms with Crippen LogP contribution < -0.4 is 5.44 Å². The first-order chi connectivity index (χ1) is 7.12. The lowest BCUT2D eigenvalue weighted by molar-refractivity contribution is 0.578. The summed E-state index contributed by atoms with van der Waals surface area (Å²) in [6, 6.07) is 0. The summed E-state index contributed by atoms with van der Waals surface area (Å²) in [5.74, 6) is 0. The first kappa shape index (κ1) is 10.3. The van der Waals surface area contributed by atoms with E-state index in [0.29, 0.717) is 11.3 Å². The molecular weight excluding hydrogens is 322 g/mol. The molecule has 15 heavy (non-hydrogen) atoms. The van der Waals surface area contributed by atoms with Crippen molar-refractivity contribution in [3.05, 3.63) is 9.77 Å². The monoisotopic (exact) mass is 336 g/mol. The Hall–Kier alpha value is 0.170. The molecule has 2 saturated carbocycles. The first-order valence-corrected chi connectivity index (χ1v) is 8.34. The van der Waals surface area contributed by atoms with E-state index in [1.54, 1.807) is 4.68 Å². The van der Waals surface area contributed by atoms with E-state index in [4.69, 9.17) is 0 Å². The Labute approximate surface area is 103 Å². The van der Waals surface area contributed by atoms with Gasteiger partial charge < -0.3 is 4.57 Å². The highest BCUT2D eigenvalue weighted by Gasteiger charge is 2.53. The van der Waals surface area contributed by atoms with E-state index in [0.717, 1.165) is 34.7 Å². The lowest BCUT2D eigenvalue weighted by Gasteiger charge is -2.14. The third-order valence-electron chi connectivity index (χ3n) is 3.28. The molecule has 0 amide bonds. The quantitative estimate of drug-likeness (QED) is 0.627. The van der Waals surface area contributed by atoms with Crippen molar-refractivity contribution in [1.82, 2.24) is 9.78 Å². The van der Waals surface area contributed by atoms with E-state index in [1.165, 1.54) is 0 Å². The maximum absolute atomic E-state index is 13.1. The highest BCUT2D eigenvalue weighted by atomic mass is 127.